The van der Waals surface area contributed by atoms with Crippen molar-refractivity contribution < 1.29 is 9.53 Å². The number of hydrogen-bond acceptors (Lipinski definition) is 4. The van der Waals surface area contributed by atoms with Crippen LogP contribution in [0.4, 0.5) is 5.69 Å². The zero-order valence-electron chi connectivity index (χ0n) is 15.3. The van der Waals surface area contributed by atoms with Crippen LogP contribution >= 0.6 is 11.8 Å². The summed E-state index contributed by atoms with van der Waals surface area (Å²) in [5.74, 6) is 0.858. The predicted molar refractivity (Wildman–Crippen MR) is 106 cm³/mol. The van der Waals surface area contributed by atoms with E-state index in [4.69, 9.17) is 4.74 Å². The third-order valence-corrected chi connectivity index (χ3v) is 4.43. The van der Waals surface area contributed by atoms with E-state index in [1.807, 2.05) is 54.6 Å². The maximum atomic E-state index is 12.1. The predicted octanol–water partition coefficient (Wildman–Crippen LogP) is 3.97. The first-order valence-electron chi connectivity index (χ1n) is 8.30. The lowest BCUT2D eigenvalue weighted by molar-refractivity contribution is -0.117. The van der Waals surface area contributed by atoms with Crippen molar-refractivity contribution in [2.45, 2.75) is 18.7 Å². The number of rotatable bonds is 8. The molecule has 1 N–H and O–H groups in total. The molecule has 0 bridgehead atoms. The van der Waals surface area contributed by atoms with Crippen LogP contribution in [0.3, 0.4) is 0 Å². The topological polar surface area (TPSA) is 41.6 Å². The van der Waals surface area contributed by atoms with Crippen molar-refractivity contribution in [3.8, 4) is 5.75 Å². The highest BCUT2D eigenvalue weighted by Crippen LogP contribution is 2.19. The molecule has 0 atom stereocenters. The van der Waals surface area contributed by atoms with E-state index in [-0.39, 0.29) is 5.91 Å². The van der Waals surface area contributed by atoms with Crippen molar-refractivity contribution in [3.63, 3.8) is 0 Å². The number of hydrogen-bond donors (Lipinski definition) is 1. The van der Waals surface area contributed by atoms with Crippen LogP contribution in [0.15, 0.2) is 47.4 Å². The second kappa shape index (κ2) is 9.49. The van der Waals surface area contributed by atoms with Crippen LogP contribution in [-0.2, 0) is 4.79 Å². The Balaban J connectivity index is 1.75. The summed E-state index contributed by atoms with van der Waals surface area (Å²) in [6, 6.07) is 14.0. The van der Waals surface area contributed by atoms with Gasteiger partial charge in [-0.25, -0.2) is 0 Å². The summed E-state index contributed by atoms with van der Waals surface area (Å²) in [7, 11) is 1.92. The Kier molecular flexibility index (Phi) is 7.34. The molecule has 4 nitrogen and oxygen atoms in total. The molecule has 5 heteroatoms. The fourth-order valence-corrected chi connectivity index (χ4v) is 3.02. The Morgan fingerprint density at radius 1 is 1.16 bits per heavy atom. The second-order valence-corrected chi connectivity index (χ2v) is 7.07. The minimum atomic E-state index is -0.0212. The average Bonchev–Trinajstić information content (AvgIpc) is 2.54. The van der Waals surface area contributed by atoms with Crippen molar-refractivity contribution in [2.24, 2.45) is 0 Å². The molecule has 0 heterocycles. The van der Waals surface area contributed by atoms with Gasteiger partial charge in [-0.3, -0.25) is 9.69 Å². The normalized spacial score (nSPS) is 10.8. The van der Waals surface area contributed by atoms with Crippen molar-refractivity contribution >= 4 is 23.4 Å². The van der Waals surface area contributed by atoms with Gasteiger partial charge in [0, 0.05) is 17.1 Å². The van der Waals surface area contributed by atoms with E-state index in [0.29, 0.717) is 19.7 Å². The molecular weight excluding hydrogens is 332 g/mol. The highest BCUT2D eigenvalue weighted by molar-refractivity contribution is 7.98. The van der Waals surface area contributed by atoms with Gasteiger partial charge in [0.1, 0.15) is 12.4 Å². The summed E-state index contributed by atoms with van der Waals surface area (Å²) < 4.78 is 5.79. The summed E-state index contributed by atoms with van der Waals surface area (Å²) >= 11 is 1.66. The maximum absolute atomic E-state index is 12.1. The highest BCUT2D eigenvalue weighted by atomic mass is 32.2. The van der Waals surface area contributed by atoms with Gasteiger partial charge >= 0.3 is 0 Å². The van der Waals surface area contributed by atoms with Crippen LogP contribution in [0, 0.1) is 13.8 Å². The lowest BCUT2D eigenvalue weighted by atomic mass is 10.1. The van der Waals surface area contributed by atoms with E-state index >= 15 is 0 Å². The highest BCUT2D eigenvalue weighted by Gasteiger charge is 2.08. The van der Waals surface area contributed by atoms with Crippen molar-refractivity contribution in [2.75, 3.05) is 38.3 Å². The molecule has 2 rings (SSSR count). The summed E-state index contributed by atoms with van der Waals surface area (Å²) in [4.78, 5) is 15.2. The van der Waals surface area contributed by atoms with Crippen LogP contribution < -0.4 is 10.1 Å². The molecule has 2 aromatic rings. The first-order valence-corrected chi connectivity index (χ1v) is 9.52. The number of amides is 1. The second-order valence-electron chi connectivity index (χ2n) is 6.19. The molecule has 0 aromatic heterocycles. The van der Waals surface area contributed by atoms with Gasteiger partial charge in [0.05, 0.1) is 6.54 Å². The molecule has 134 valence electrons. The van der Waals surface area contributed by atoms with Gasteiger partial charge in [-0.15, -0.1) is 11.8 Å². The molecule has 1 amide bonds. The Labute approximate surface area is 154 Å². The monoisotopic (exact) mass is 358 g/mol. The van der Waals surface area contributed by atoms with Gasteiger partial charge in [-0.1, -0.05) is 12.1 Å². The molecule has 0 aliphatic heterocycles. The Morgan fingerprint density at radius 3 is 2.56 bits per heavy atom. The largest absolute Gasteiger partial charge is 0.492 e. The molecule has 2 aromatic carbocycles. The molecule has 0 spiro atoms. The molecule has 0 aliphatic carbocycles. The van der Waals surface area contributed by atoms with Crippen molar-refractivity contribution in [1.29, 1.82) is 0 Å². The van der Waals surface area contributed by atoms with Gasteiger partial charge < -0.3 is 10.1 Å². The lowest BCUT2D eigenvalue weighted by Crippen LogP contribution is -2.33. The number of anilines is 1. The van der Waals surface area contributed by atoms with E-state index in [0.717, 1.165) is 16.3 Å². The van der Waals surface area contributed by atoms with Crippen molar-refractivity contribution in [1.82, 2.24) is 4.90 Å². The number of benzene rings is 2. The number of nitrogens with zero attached hydrogens (tertiary/aromatic N) is 1. The molecule has 0 saturated carbocycles. The minimum Gasteiger partial charge on any atom is -0.492 e. The van der Waals surface area contributed by atoms with Crippen LogP contribution in [0.5, 0.6) is 5.75 Å². The van der Waals surface area contributed by atoms with Gasteiger partial charge in [-0.05, 0) is 68.6 Å². The van der Waals surface area contributed by atoms with E-state index < -0.39 is 0 Å². The SMILES string of the molecule is CSc1cccc(NC(=O)CN(C)CCOc2cc(C)cc(C)c2)c1. The Morgan fingerprint density at radius 2 is 1.88 bits per heavy atom. The fraction of sp³-hybridized carbons (Fsp3) is 0.350. The summed E-state index contributed by atoms with van der Waals surface area (Å²) in [6.07, 6.45) is 2.02. The third kappa shape index (κ3) is 6.80. The number of aryl methyl sites for hydroxylation is 2. The first-order chi connectivity index (χ1) is 12.0. The van der Waals surface area contributed by atoms with E-state index in [9.17, 15) is 4.79 Å². The minimum absolute atomic E-state index is 0.0212. The lowest BCUT2D eigenvalue weighted by Gasteiger charge is -2.17. The fourth-order valence-electron chi connectivity index (χ4n) is 2.56. The standard InChI is InChI=1S/C20H26N2O2S/c1-15-10-16(2)12-18(11-15)24-9-8-22(3)14-20(23)21-17-6-5-7-19(13-17)25-4/h5-7,10-13H,8-9,14H2,1-4H3,(H,21,23). The Bertz CT molecular complexity index is 698. The number of likely N-dealkylation sites (N-methyl/N-ethyl adjacent to an activating group) is 1. The van der Waals surface area contributed by atoms with Crippen LogP contribution in [0.25, 0.3) is 0 Å². The molecule has 0 saturated heterocycles. The first kappa shape index (κ1) is 19.3. The van der Waals surface area contributed by atoms with Crippen LogP contribution in [-0.4, -0.2) is 43.8 Å². The van der Waals surface area contributed by atoms with E-state index in [2.05, 4.69) is 25.2 Å². The molecular formula is C20H26N2O2S. The van der Waals surface area contributed by atoms with Gasteiger partial charge in [0.25, 0.3) is 0 Å². The van der Waals surface area contributed by atoms with Crippen molar-refractivity contribution in [3.05, 3.63) is 53.6 Å². The number of ether oxygens (including phenoxy) is 1. The number of carbonyl (C=O) groups is 1. The van der Waals surface area contributed by atoms with Crippen LogP contribution in [0.2, 0.25) is 0 Å². The third-order valence-electron chi connectivity index (χ3n) is 3.70. The number of nitrogens with one attached hydrogen (secondary N) is 1. The zero-order chi connectivity index (χ0) is 18.2. The summed E-state index contributed by atoms with van der Waals surface area (Å²) in [5, 5.41) is 2.94. The molecule has 0 unspecified atom stereocenters. The Hall–Kier alpha value is -1.98. The van der Waals surface area contributed by atoms with Crippen LogP contribution in [0.1, 0.15) is 11.1 Å². The van der Waals surface area contributed by atoms with E-state index in [1.165, 1.54) is 11.1 Å². The molecule has 0 fully saturated rings. The molecule has 0 aliphatic rings. The molecule has 0 radical (unpaired) electrons. The quantitative estimate of drug-likeness (QED) is 0.725. The number of thioether (sulfide) groups is 1. The zero-order valence-corrected chi connectivity index (χ0v) is 16.2. The van der Waals surface area contributed by atoms with E-state index in [1.54, 1.807) is 11.8 Å². The number of carbonyl (C=O) groups excluding carboxylic acids is 1. The molecule has 25 heavy (non-hydrogen) atoms. The summed E-state index contributed by atoms with van der Waals surface area (Å²) in [5.41, 5.74) is 3.21. The summed E-state index contributed by atoms with van der Waals surface area (Å²) in [6.45, 7) is 5.68. The van der Waals surface area contributed by atoms with Gasteiger partial charge in [-0.2, -0.15) is 0 Å². The maximum Gasteiger partial charge on any atom is 0.238 e. The van der Waals surface area contributed by atoms with Gasteiger partial charge in [0.2, 0.25) is 5.91 Å². The average molecular weight is 359 g/mol. The van der Waals surface area contributed by atoms with Gasteiger partial charge in [0.15, 0.2) is 0 Å². The smallest absolute Gasteiger partial charge is 0.238 e.